The first-order valence-corrected chi connectivity index (χ1v) is 3.47. The van der Waals surface area contributed by atoms with Crippen LogP contribution >= 0.6 is 15.9 Å². The highest BCUT2D eigenvalue weighted by atomic mass is 79.9. The number of rotatable bonds is 1. The molecule has 0 atom stereocenters. The molecule has 1 aliphatic heterocycles. The van der Waals surface area contributed by atoms with E-state index < -0.39 is 4.57 Å². The van der Waals surface area contributed by atoms with Crippen molar-refractivity contribution in [3.05, 3.63) is 0 Å². The van der Waals surface area contributed by atoms with E-state index in [9.17, 15) is 0 Å². The Balaban J connectivity index is 2.75. The molecule has 9 heavy (non-hydrogen) atoms. The molecular formula is C4H7BrN4. The smallest absolute Gasteiger partial charge is 0.122 e. The van der Waals surface area contributed by atoms with E-state index in [-0.39, 0.29) is 5.92 Å². The molecule has 0 aromatic rings. The lowest BCUT2D eigenvalue weighted by Gasteiger charge is -2.14. The van der Waals surface area contributed by atoms with Crippen LogP contribution in [0.4, 0.5) is 0 Å². The lowest BCUT2D eigenvalue weighted by atomic mass is 10.2. The average Bonchev–Trinajstić information content (AvgIpc) is 2.16. The van der Waals surface area contributed by atoms with Gasteiger partial charge in [-0.2, -0.15) is 0 Å². The molecule has 0 spiro atoms. The third-order valence-corrected chi connectivity index (χ3v) is 2.38. The van der Waals surface area contributed by atoms with Gasteiger partial charge in [-0.05, 0) is 26.4 Å². The molecular weight excluding hydrogens is 184 g/mol. The summed E-state index contributed by atoms with van der Waals surface area (Å²) in [5.74, 6) is 0.285. The summed E-state index contributed by atoms with van der Waals surface area (Å²) in [5.41, 5.74) is 0. The van der Waals surface area contributed by atoms with Crippen molar-refractivity contribution in [1.82, 2.24) is 0 Å². The second-order valence-electron chi connectivity index (χ2n) is 2.17. The summed E-state index contributed by atoms with van der Waals surface area (Å²) in [7, 11) is 0. The predicted molar refractivity (Wildman–Crippen MR) is 36.2 cm³/mol. The second-order valence-corrected chi connectivity index (χ2v) is 3.34. The van der Waals surface area contributed by atoms with Gasteiger partial charge in [0.2, 0.25) is 0 Å². The van der Waals surface area contributed by atoms with E-state index in [0.29, 0.717) is 0 Å². The van der Waals surface area contributed by atoms with Gasteiger partial charge in [0.05, 0.1) is 0 Å². The molecule has 0 radical (unpaired) electrons. The van der Waals surface area contributed by atoms with Gasteiger partial charge in [0, 0.05) is 5.92 Å². The van der Waals surface area contributed by atoms with Crippen LogP contribution in [-0.4, -0.2) is 4.57 Å². The summed E-state index contributed by atoms with van der Waals surface area (Å²) in [4.78, 5) is 0. The summed E-state index contributed by atoms with van der Waals surface area (Å²) >= 11 is 3.29. The van der Waals surface area contributed by atoms with Gasteiger partial charge in [0.15, 0.2) is 0 Å². The average molecular weight is 191 g/mol. The lowest BCUT2D eigenvalue weighted by Crippen LogP contribution is -2.19. The highest BCUT2D eigenvalue weighted by Crippen LogP contribution is 2.34. The number of hydrogen-bond donors (Lipinski definition) is 0. The fraction of sp³-hybridized carbons (Fsp3) is 1.00. The van der Waals surface area contributed by atoms with E-state index in [1.54, 1.807) is 0 Å². The molecule has 4 nitrogen and oxygen atoms in total. The fourth-order valence-corrected chi connectivity index (χ4v) is 0.558. The molecule has 0 N–H and O–H groups in total. The van der Waals surface area contributed by atoms with Crippen molar-refractivity contribution in [3.8, 4) is 0 Å². The molecule has 0 saturated carbocycles. The third kappa shape index (κ3) is 1.15. The first-order valence-electron chi connectivity index (χ1n) is 2.68. The van der Waals surface area contributed by atoms with Crippen LogP contribution in [0.3, 0.4) is 0 Å². The normalized spacial score (nSPS) is 21.8. The zero-order valence-electron chi connectivity index (χ0n) is 5.24. The van der Waals surface area contributed by atoms with Crippen molar-refractivity contribution < 1.29 is 0 Å². The molecule has 0 bridgehead atoms. The first-order chi connectivity index (χ1) is 4.15. The molecule has 50 valence electrons. The Morgan fingerprint density at radius 3 is 1.89 bits per heavy atom. The van der Waals surface area contributed by atoms with Crippen molar-refractivity contribution >= 4 is 15.9 Å². The Bertz CT molecular complexity index is 150. The highest BCUT2D eigenvalue weighted by molar-refractivity contribution is 9.10. The van der Waals surface area contributed by atoms with Gasteiger partial charge in [-0.15, -0.1) is 10.2 Å². The molecule has 5 heteroatoms. The molecule has 1 aliphatic rings. The largest absolute Gasteiger partial charge is 0.250 e. The van der Waals surface area contributed by atoms with Gasteiger partial charge >= 0.3 is 0 Å². The van der Waals surface area contributed by atoms with Crippen molar-refractivity contribution in [1.29, 1.82) is 0 Å². The van der Waals surface area contributed by atoms with E-state index >= 15 is 0 Å². The topological polar surface area (TPSA) is 49.4 Å². The van der Waals surface area contributed by atoms with Crippen LogP contribution in [0, 0.1) is 5.92 Å². The van der Waals surface area contributed by atoms with Gasteiger partial charge in [-0.25, -0.2) is 0 Å². The number of alkyl halides is 1. The SMILES string of the molecule is CC(C)C1(Br)N=NN=N1. The number of halogens is 1. The molecule has 0 aromatic heterocycles. The van der Waals surface area contributed by atoms with Crippen molar-refractivity contribution in [2.75, 3.05) is 0 Å². The monoisotopic (exact) mass is 190 g/mol. The minimum absolute atomic E-state index is 0.285. The van der Waals surface area contributed by atoms with Crippen LogP contribution in [0.2, 0.25) is 0 Å². The highest BCUT2D eigenvalue weighted by Gasteiger charge is 2.33. The number of nitrogens with zero attached hydrogens (tertiary/aromatic N) is 4. The van der Waals surface area contributed by atoms with Gasteiger partial charge in [-0.1, -0.05) is 13.8 Å². The fourth-order valence-electron chi connectivity index (χ4n) is 0.416. The molecule has 0 amide bonds. The van der Waals surface area contributed by atoms with E-state index in [1.807, 2.05) is 13.8 Å². The summed E-state index contributed by atoms with van der Waals surface area (Å²) in [5, 5.41) is 14.3. The summed E-state index contributed by atoms with van der Waals surface area (Å²) in [6.45, 7) is 4.00. The standard InChI is InChI=1S/C4H7BrN4/c1-3(2)4(5)6-8-9-7-4/h3H,1-2H3. The predicted octanol–water partition coefficient (Wildman–Crippen LogP) is 2.52. The Labute approximate surface area is 61.6 Å². The zero-order valence-corrected chi connectivity index (χ0v) is 6.83. The molecule has 0 aromatic carbocycles. The Hall–Kier alpha value is -0.320. The van der Waals surface area contributed by atoms with E-state index in [4.69, 9.17) is 0 Å². The minimum atomic E-state index is -0.576. The van der Waals surface area contributed by atoms with Crippen LogP contribution in [-0.2, 0) is 0 Å². The van der Waals surface area contributed by atoms with Crippen molar-refractivity contribution in [3.63, 3.8) is 0 Å². The van der Waals surface area contributed by atoms with E-state index in [0.717, 1.165) is 0 Å². The van der Waals surface area contributed by atoms with E-state index in [1.165, 1.54) is 0 Å². The Morgan fingerprint density at radius 2 is 1.67 bits per heavy atom. The van der Waals surface area contributed by atoms with Crippen molar-refractivity contribution in [2.45, 2.75) is 18.4 Å². The maximum absolute atomic E-state index is 3.78. The molecule has 1 heterocycles. The second kappa shape index (κ2) is 2.13. The lowest BCUT2D eigenvalue weighted by molar-refractivity contribution is 0.472. The number of hydrogen-bond acceptors (Lipinski definition) is 4. The summed E-state index contributed by atoms with van der Waals surface area (Å²) < 4.78 is -0.576. The van der Waals surface area contributed by atoms with Gasteiger partial charge in [0.1, 0.15) is 0 Å². The van der Waals surface area contributed by atoms with Gasteiger partial charge in [-0.3, -0.25) is 0 Å². The minimum Gasteiger partial charge on any atom is -0.122 e. The first kappa shape index (κ1) is 6.80. The van der Waals surface area contributed by atoms with Crippen LogP contribution in [0.25, 0.3) is 0 Å². The van der Waals surface area contributed by atoms with Gasteiger partial charge < -0.3 is 0 Å². The van der Waals surface area contributed by atoms with E-state index in [2.05, 4.69) is 36.6 Å². The summed E-state index contributed by atoms with van der Waals surface area (Å²) in [6.07, 6.45) is 0. The quantitative estimate of drug-likeness (QED) is 0.451. The van der Waals surface area contributed by atoms with Crippen LogP contribution in [0.15, 0.2) is 20.7 Å². The Morgan fingerprint density at radius 1 is 1.22 bits per heavy atom. The van der Waals surface area contributed by atoms with Crippen LogP contribution < -0.4 is 0 Å². The molecule has 0 fully saturated rings. The van der Waals surface area contributed by atoms with Crippen LogP contribution in [0.1, 0.15) is 13.8 Å². The summed E-state index contributed by atoms with van der Waals surface area (Å²) in [6, 6.07) is 0. The molecule has 0 aliphatic carbocycles. The molecule has 0 saturated heterocycles. The molecule has 1 rings (SSSR count). The Kier molecular flexibility index (Phi) is 1.61. The van der Waals surface area contributed by atoms with Crippen molar-refractivity contribution in [2.24, 2.45) is 26.6 Å². The third-order valence-electron chi connectivity index (χ3n) is 1.14. The zero-order chi connectivity index (χ0) is 6.91. The van der Waals surface area contributed by atoms with Crippen LogP contribution in [0.5, 0.6) is 0 Å². The maximum Gasteiger partial charge on any atom is 0.250 e. The van der Waals surface area contributed by atoms with Gasteiger partial charge in [0.25, 0.3) is 4.57 Å². The maximum atomic E-state index is 3.78. The molecule has 0 unspecified atom stereocenters.